The smallest absolute Gasteiger partial charge is 0.270 e. The molecule has 2 aliphatic heterocycles. The second-order valence-electron chi connectivity index (χ2n) is 7.09. The van der Waals surface area contributed by atoms with Crippen LogP contribution in [0.1, 0.15) is 17.2 Å². The van der Waals surface area contributed by atoms with Gasteiger partial charge in [-0.2, -0.15) is 0 Å². The van der Waals surface area contributed by atoms with Crippen molar-refractivity contribution < 1.29 is 50.0 Å². The van der Waals surface area contributed by atoms with Crippen LogP contribution in [0.4, 0.5) is 0 Å². The largest absolute Gasteiger partial charge is 0.571 e. The fourth-order valence-corrected chi connectivity index (χ4v) is 3.35. The van der Waals surface area contributed by atoms with Gasteiger partial charge in [-0.3, -0.25) is 0 Å². The molecule has 0 bridgehead atoms. The van der Waals surface area contributed by atoms with Gasteiger partial charge in [-0.25, -0.2) is 0 Å². The van der Waals surface area contributed by atoms with Gasteiger partial charge in [-0.1, -0.05) is 0 Å². The third-order valence-corrected chi connectivity index (χ3v) is 4.97. The minimum absolute atomic E-state index is 0.0984. The van der Waals surface area contributed by atoms with Gasteiger partial charge in [0, 0.05) is 12.1 Å². The molecule has 0 amide bonds. The number of fused-ring (bicyclic) bond motifs is 1. The van der Waals surface area contributed by atoms with Gasteiger partial charge in [-0.05, 0) is 18.2 Å². The zero-order valence-electron chi connectivity index (χ0n) is 15.5. The first kappa shape index (κ1) is 20.1. The summed E-state index contributed by atoms with van der Waals surface area (Å²) in [7, 11) is 0. The summed E-state index contributed by atoms with van der Waals surface area (Å²) in [6, 6.07) is 6.48. The van der Waals surface area contributed by atoms with Crippen molar-refractivity contribution in [2.45, 2.75) is 30.7 Å². The lowest BCUT2D eigenvalue weighted by Crippen LogP contribution is -2.53. The number of aliphatic hydroxyl groups excluding tert-OH is 3. The number of phenols is 4. The molecule has 8 N–H and O–H groups in total. The Morgan fingerprint density at radius 2 is 1.67 bits per heavy atom. The van der Waals surface area contributed by atoms with E-state index < -0.39 is 30.7 Å². The number of hydrogen-bond acceptors (Lipinski definition) is 9. The predicted octanol–water partition coefficient (Wildman–Crippen LogP) is 0.302. The Kier molecular flexibility index (Phi) is 5.08. The fraction of sp³-hybridized carbons (Fsp3) is 0.300. The van der Waals surface area contributed by atoms with Crippen molar-refractivity contribution in [2.24, 2.45) is 0 Å². The summed E-state index contributed by atoms with van der Waals surface area (Å²) >= 11 is 0. The Balaban J connectivity index is 1.73. The van der Waals surface area contributed by atoms with Crippen molar-refractivity contribution in [3.63, 3.8) is 0 Å². The van der Waals surface area contributed by atoms with Crippen LogP contribution in [-0.4, -0.2) is 71.7 Å². The lowest BCUT2D eigenvalue weighted by Gasteiger charge is -2.36. The summed E-state index contributed by atoms with van der Waals surface area (Å²) in [5.41, 5.74) is 0.642. The van der Waals surface area contributed by atoms with E-state index in [0.717, 1.165) is 6.07 Å². The predicted molar refractivity (Wildman–Crippen MR) is 101 cm³/mol. The maximum atomic E-state index is 10.2. The maximum absolute atomic E-state index is 10.2. The van der Waals surface area contributed by atoms with Crippen molar-refractivity contribution in [1.82, 2.24) is 0 Å². The Bertz CT molecular complexity index is 988. The minimum atomic E-state index is -1.56. The van der Waals surface area contributed by atoms with E-state index in [0.29, 0.717) is 5.56 Å². The van der Waals surface area contributed by atoms with Crippen LogP contribution in [0.3, 0.4) is 0 Å². The normalized spacial score (nSPS) is 28.2. The van der Waals surface area contributed by atoms with Crippen LogP contribution in [0.2, 0.25) is 0 Å². The standard InChI is InChI=1S/C20H20O10/c21-9-4-12(23)10-6-16(30-20-18(27)17(26)14(25)7-28-20)19(29-15(10)5-9)8-1-2-11(22)13(24)3-8/h1-6,14,17-27H,7H2/p+1/t14-,17-,18-,19?,20-/m1/s1. The van der Waals surface area contributed by atoms with E-state index in [-0.39, 0.29) is 46.7 Å². The van der Waals surface area contributed by atoms with Crippen molar-refractivity contribution >= 4 is 6.08 Å². The highest BCUT2D eigenvalue weighted by atomic mass is 16.7. The fourth-order valence-electron chi connectivity index (χ4n) is 3.35. The van der Waals surface area contributed by atoms with E-state index in [4.69, 9.17) is 9.47 Å². The topological polar surface area (TPSA) is 173 Å². The maximum Gasteiger partial charge on any atom is 0.270 e. The SMILES string of the molecule is Oc1cc(O)c2c(c1)[OH+]C(c1ccc(O)c(O)c1)C(O[C@H]1OC[C@@H](O)[C@@H](O)[C@H]1O)=C2. The van der Waals surface area contributed by atoms with E-state index in [1.165, 1.54) is 30.3 Å². The summed E-state index contributed by atoms with van der Waals surface area (Å²) in [6.45, 7) is -0.270. The van der Waals surface area contributed by atoms with E-state index in [2.05, 4.69) is 4.74 Å². The van der Waals surface area contributed by atoms with Crippen molar-refractivity contribution in [3.8, 4) is 28.7 Å². The molecule has 4 rings (SSSR count). The molecule has 0 radical (unpaired) electrons. The number of rotatable bonds is 3. The molecule has 0 aromatic heterocycles. The van der Waals surface area contributed by atoms with Gasteiger partial charge in [0.15, 0.2) is 17.3 Å². The monoisotopic (exact) mass is 421 g/mol. The lowest BCUT2D eigenvalue weighted by molar-refractivity contribution is -0.263. The summed E-state index contributed by atoms with van der Waals surface area (Å²) in [5.74, 6) is -0.844. The van der Waals surface area contributed by atoms with Crippen LogP contribution < -0.4 is 0 Å². The highest BCUT2D eigenvalue weighted by Crippen LogP contribution is 2.46. The molecule has 0 spiro atoms. The van der Waals surface area contributed by atoms with Gasteiger partial charge >= 0.3 is 0 Å². The van der Waals surface area contributed by atoms with Gasteiger partial charge in [-0.15, -0.1) is 0 Å². The number of hydrogen-bond donors (Lipinski definition) is 7. The first-order valence-electron chi connectivity index (χ1n) is 9.07. The Morgan fingerprint density at radius 1 is 0.900 bits per heavy atom. The average molecular weight is 421 g/mol. The molecule has 1 unspecified atom stereocenters. The van der Waals surface area contributed by atoms with E-state index >= 15 is 0 Å². The van der Waals surface area contributed by atoms with E-state index in [1.807, 2.05) is 0 Å². The van der Waals surface area contributed by atoms with Crippen LogP contribution in [0, 0.1) is 0 Å². The van der Waals surface area contributed by atoms with E-state index in [1.54, 1.807) is 0 Å². The van der Waals surface area contributed by atoms with Gasteiger partial charge in [0.25, 0.3) is 11.9 Å². The molecule has 10 nitrogen and oxygen atoms in total. The average Bonchev–Trinajstić information content (AvgIpc) is 2.70. The van der Waals surface area contributed by atoms with Crippen LogP contribution in [0.15, 0.2) is 36.1 Å². The van der Waals surface area contributed by atoms with Crippen LogP contribution in [-0.2, 0) is 9.47 Å². The highest BCUT2D eigenvalue weighted by Gasteiger charge is 2.42. The summed E-state index contributed by atoms with van der Waals surface area (Å²) in [5, 5.41) is 69.1. The number of ether oxygens (including phenoxy) is 3. The number of aromatic hydroxyl groups is 5. The highest BCUT2D eigenvalue weighted by molar-refractivity contribution is 5.69. The van der Waals surface area contributed by atoms with Gasteiger partial charge in [0.1, 0.15) is 35.4 Å². The molecule has 0 aliphatic carbocycles. The molecular formula is C20H21O10+. The molecule has 30 heavy (non-hydrogen) atoms. The summed E-state index contributed by atoms with van der Waals surface area (Å²) in [4.78, 5) is 0. The number of phenolic OH excluding ortho intramolecular Hbond substituents is 4. The second-order valence-corrected chi connectivity index (χ2v) is 7.09. The summed E-state index contributed by atoms with van der Waals surface area (Å²) < 4.78 is 15.5. The van der Waals surface area contributed by atoms with Crippen LogP contribution in [0.5, 0.6) is 28.7 Å². The second kappa shape index (κ2) is 7.58. The molecule has 0 saturated carbocycles. The molecule has 10 heteroatoms. The quantitative estimate of drug-likeness (QED) is 0.272. The molecule has 2 aliphatic rings. The lowest BCUT2D eigenvalue weighted by atomic mass is 10.0. The first-order chi connectivity index (χ1) is 14.2. The molecule has 1 saturated heterocycles. The zero-order chi connectivity index (χ0) is 21.6. The van der Waals surface area contributed by atoms with Gasteiger partial charge in [0.2, 0.25) is 6.29 Å². The number of aliphatic hydroxyl groups is 4. The Morgan fingerprint density at radius 3 is 2.40 bits per heavy atom. The molecule has 5 atom stereocenters. The first-order valence-corrected chi connectivity index (χ1v) is 9.07. The molecular weight excluding hydrogens is 400 g/mol. The van der Waals surface area contributed by atoms with Crippen molar-refractivity contribution in [2.75, 3.05) is 6.61 Å². The van der Waals surface area contributed by atoms with Crippen molar-refractivity contribution in [1.29, 1.82) is 0 Å². The molecule has 160 valence electrons. The molecule has 2 aromatic carbocycles. The molecule has 2 aromatic rings. The van der Waals surface area contributed by atoms with Crippen molar-refractivity contribution in [3.05, 3.63) is 47.2 Å². The van der Waals surface area contributed by atoms with Crippen LogP contribution >= 0.6 is 0 Å². The zero-order valence-corrected chi connectivity index (χ0v) is 15.5. The van der Waals surface area contributed by atoms with Gasteiger partial charge in [0.05, 0.1) is 18.2 Å². The Hall–Kier alpha value is -3.18. The molecule has 2 heterocycles. The Labute approximate surface area is 170 Å². The number of benzene rings is 2. The van der Waals surface area contributed by atoms with Crippen LogP contribution in [0.25, 0.3) is 6.08 Å². The minimum Gasteiger partial charge on any atom is -0.571 e. The van der Waals surface area contributed by atoms with E-state index in [9.17, 15) is 35.7 Å². The van der Waals surface area contributed by atoms with Gasteiger partial charge < -0.3 is 50.0 Å². The third kappa shape index (κ3) is 3.57. The third-order valence-electron chi connectivity index (χ3n) is 4.97. The molecule has 1 fully saturated rings. The summed E-state index contributed by atoms with van der Waals surface area (Å²) in [6.07, 6.45) is -5.12.